The van der Waals surface area contributed by atoms with Crippen LogP contribution in [-0.4, -0.2) is 21.0 Å². The first-order valence-electron chi connectivity index (χ1n) is 8.33. The van der Waals surface area contributed by atoms with E-state index in [1.165, 1.54) is 18.3 Å². The predicted octanol–water partition coefficient (Wildman–Crippen LogP) is 4.57. The highest BCUT2D eigenvalue weighted by Gasteiger charge is 2.10. The third-order valence-electron chi connectivity index (χ3n) is 3.89. The Balaban J connectivity index is 1.78. The van der Waals surface area contributed by atoms with Crippen LogP contribution in [0.5, 0.6) is 0 Å². The summed E-state index contributed by atoms with van der Waals surface area (Å²) in [6.45, 7) is 0.433. The fraction of sp³-hybridized carbons (Fsp3) is 0.150. The third-order valence-corrected chi connectivity index (χ3v) is 4.20. The van der Waals surface area contributed by atoms with Crippen LogP contribution in [0.4, 0.5) is 10.2 Å². The number of benzene rings is 1. The Labute approximate surface area is 160 Å². The van der Waals surface area contributed by atoms with Gasteiger partial charge in [0.2, 0.25) is 0 Å². The largest absolute Gasteiger partial charge is 0.481 e. The second-order valence-electron chi connectivity index (χ2n) is 5.94. The molecule has 0 aliphatic heterocycles. The lowest BCUT2D eigenvalue weighted by atomic mass is 10.1. The van der Waals surface area contributed by atoms with Gasteiger partial charge in [0.05, 0.1) is 17.1 Å². The molecule has 0 saturated carbocycles. The van der Waals surface area contributed by atoms with E-state index in [9.17, 15) is 9.18 Å². The van der Waals surface area contributed by atoms with Gasteiger partial charge in [-0.3, -0.25) is 9.78 Å². The molecule has 0 radical (unpaired) electrons. The Bertz CT molecular complexity index is 965. The minimum Gasteiger partial charge on any atom is -0.481 e. The van der Waals surface area contributed by atoms with Gasteiger partial charge in [0.1, 0.15) is 11.6 Å². The second kappa shape index (κ2) is 8.60. The maximum atomic E-state index is 13.3. The number of aryl methyl sites for hydroxylation is 1. The number of carboxylic acid groups (broad SMARTS) is 1. The summed E-state index contributed by atoms with van der Waals surface area (Å²) in [4.78, 5) is 19.5. The number of aliphatic carboxylic acids is 1. The van der Waals surface area contributed by atoms with Gasteiger partial charge in [0.25, 0.3) is 0 Å². The topological polar surface area (TPSA) is 75.1 Å². The predicted molar refractivity (Wildman–Crippen MR) is 102 cm³/mol. The van der Waals surface area contributed by atoms with Gasteiger partial charge in [-0.2, -0.15) is 0 Å². The van der Waals surface area contributed by atoms with E-state index in [-0.39, 0.29) is 12.2 Å². The number of pyridine rings is 2. The van der Waals surface area contributed by atoms with Gasteiger partial charge in [-0.25, -0.2) is 9.37 Å². The smallest absolute Gasteiger partial charge is 0.303 e. The third kappa shape index (κ3) is 5.24. The second-order valence-corrected chi connectivity index (χ2v) is 6.35. The molecule has 27 heavy (non-hydrogen) atoms. The average Bonchev–Trinajstić information content (AvgIpc) is 2.66. The molecular formula is C20H17ClFN3O2. The van der Waals surface area contributed by atoms with Gasteiger partial charge in [-0.15, -0.1) is 0 Å². The Morgan fingerprint density at radius 1 is 1.19 bits per heavy atom. The number of carbonyl (C=O) groups is 1. The lowest BCUT2D eigenvalue weighted by Gasteiger charge is -2.10. The van der Waals surface area contributed by atoms with Crippen LogP contribution in [0.15, 0.2) is 54.7 Å². The summed E-state index contributed by atoms with van der Waals surface area (Å²) in [5.41, 5.74) is 2.77. The first-order valence-corrected chi connectivity index (χ1v) is 8.71. The molecule has 3 rings (SSSR count). The zero-order valence-electron chi connectivity index (χ0n) is 14.3. The normalized spacial score (nSPS) is 10.6. The fourth-order valence-electron chi connectivity index (χ4n) is 2.57. The van der Waals surface area contributed by atoms with Gasteiger partial charge < -0.3 is 10.4 Å². The highest BCUT2D eigenvalue weighted by Crippen LogP contribution is 2.27. The minimum atomic E-state index is -0.880. The molecule has 2 aromatic heterocycles. The molecule has 0 unspecified atom stereocenters. The van der Waals surface area contributed by atoms with Crippen molar-refractivity contribution >= 4 is 23.4 Å². The van der Waals surface area contributed by atoms with Crippen molar-refractivity contribution in [2.24, 2.45) is 0 Å². The maximum absolute atomic E-state index is 13.3. The number of hydrogen-bond acceptors (Lipinski definition) is 4. The fourth-order valence-corrected chi connectivity index (χ4v) is 2.77. The number of halogens is 2. The van der Waals surface area contributed by atoms with Crippen molar-refractivity contribution in [2.75, 3.05) is 5.32 Å². The summed E-state index contributed by atoms with van der Waals surface area (Å²) in [6.07, 6.45) is 1.82. The van der Waals surface area contributed by atoms with Gasteiger partial charge in [0.15, 0.2) is 0 Å². The van der Waals surface area contributed by atoms with Crippen molar-refractivity contribution in [1.29, 1.82) is 0 Å². The molecule has 0 spiro atoms. The number of nitrogens with one attached hydrogen (secondary N) is 1. The highest BCUT2D eigenvalue weighted by atomic mass is 35.5. The average molecular weight is 386 g/mol. The molecule has 0 bridgehead atoms. The summed E-state index contributed by atoms with van der Waals surface area (Å²) < 4.78 is 13.3. The number of aromatic nitrogens is 2. The van der Waals surface area contributed by atoms with E-state index in [4.69, 9.17) is 16.7 Å². The molecule has 0 fully saturated rings. The Morgan fingerprint density at radius 2 is 2.00 bits per heavy atom. The first kappa shape index (κ1) is 18.8. The molecule has 2 heterocycles. The standard InChI is InChI=1S/C20H17ClFN3O2/c21-17-12-23-15(7-8-20(26)27)10-16(17)18-5-2-6-19(25-18)24-11-13-3-1-4-14(22)9-13/h1-6,9-10,12H,7-8,11H2,(H,24,25)(H,26,27). The zero-order valence-corrected chi connectivity index (χ0v) is 15.1. The van der Waals surface area contributed by atoms with Crippen molar-refractivity contribution in [3.63, 3.8) is 0 Å². The molecule has 5 nitrogen and oxygen atoms in total. The number of carboxylic acids is 1. The molecular weight excluding hydrogens is 369 g/mol. The first-order chi connectivity index (χ1) is 13.0. The summed E-state index contributed by atoms with van der Waals surface area (Å²) in [5.74, 6) is -0.542. The van der Waals surface area contributed by atoms with E-state index in [2.05, 4.69) is 15.3 Å². The molecule has 0 aliphatic rings. The van der Waals surface area contributed by atoms with Crippen LogP contribution in [0.25, 0.3) is 11.3 Å². The molecule has 0 atom stereocenters. The number of hydrogen-bond donors (Lipinski definition) is 2. The van der Waals surface area contributed by atoms with Crippen LogP contribution in [0, 0.1) is 5.82 Å². The van der Waals surface area contributed by atoms with Crippen LogP contribution < -0.4 is 5.32 Å². The van der Waals surface area contributed by atoms with Crippen molar-refractivity contribution < 1.29 is 14.3 Å². The van der Waals surface area contributed by atoms with Crippen LogP contribution in [-0.2, 0) is 17.8 Å². The lowest BCUT2D eigenvalue weighted by molar-refractivity contribution is -0.136. The Morgan fingerprint density at radius 3 is 2.78 bits per heavy atom. The van der Waals surface area contributed by atoms with Crippen molar-refractivity contribution in [3.05, 3.63) is 76.8 Å². The van der Waals surface area contributed by atoms with Crippen molar-refractivity contribution in [1.82, 2.24) is 9.97 Å². The molecule has 2 N–H and O–H groups in total. The van der Waals surface area contributed by atoms with E-state index in [1.54, 1.807) is 12.1 Å². The van der Waals surface area contributed by atoms with E-state index in [0.717, 1.165) is 5.56 Å². The number of nitrogens with zero attached hydrogens (tertiary/aromatic N) is 2. The molecule has 7 heteroatoms. The number of anilines is 1. The molecule has 0 amide bonds. The zero-order chi connectivity index (χ0) is 19.2. The van der Waals surface area contributed by atoms with Crippen molar-refractivity contribution in [3.8, 4) is 11.3 Å². The van der Waals surface area contributed by atoms with Gasteiger partial charge >= 0.3 is 5.97 Å². The van der Waals surface area contributed by atoms with Crippen LogP contribution in [0.1, 0.15) is 17.7 Å². The Hall–Kier alpha value is -2.99. The van der Waals surface area contributed by atoms with E-state index in [0.29, 0.717) is 40.8 Å². The Kier molecular flexibility index (Phi) is 5.98. The van der Waals surface area contributed by atoms with Gasteiger partial charge in [-0.1, -0.05) is 29.8 Å². The maximum Gasteiger partial charge on any atom is 0.303 e. The van der Waals surface area contributed by atoms with Crippen LogP contribution >= 0.6 is 11.6 Å². The lowest BCUT2D eigenvalue weighted by Crippen LogP contribution is -2.03. The van der Waals surface area contributed by atoms with Gasteiger partial charge in [-0.05, 0) is 35.9 Å². The molecule has 3 aromatic rings. The van der Waals surface area contributed by atoms with E-state index >= 15 is 0 Å². The SMILES string of the molecule is O=C(O)CCc1cc(-c2cccc(NCc3cccc(F)c3)n2)c(Cl)cn1. The van der Waals surface area contributed by atoms with Gasteiger partial charge in [0, 0.05) is 30.4 Å². The van der Waals surface area contributed by atoms with Crippen molar-refractivity contribution in [2.45, 2.75) is 19.4 Å². The quantitative estimate of drug-likeness (QED) is 0.623. The van der Waals surface area contributed by atoms with Crippen LogP contribution in [0.3, 0.4) is 0 Å². The summed E-state index contributed by atoms with van der Waals surface area (Å²) >= 11 is 6.26. The van der Waals surface area contributed by atoms with Crippen LogP contribution in [0.2, 0.25) is 5.02 Å². The van der Waals surface area contributed by atoms with E-state index in [1.807, 2.05) is 24.3 Å². The number of rotatable bonds is 7. The molecule has 0 aliphatic carbocycles. The highest BCUT2D eigenvalue weighted by molar-refractivity contribution is 6.33. The minimum absolute atomic E-state index is 0.00324. The monoisotopic (exact) mass is 385 g/mol. The summed E-state index contributed by atoms with van der Waals surface area (Å²) in [7, 11) is 0. The summed E-state index contributed by atoms with van der Waals surface area (Å²) in [6, 6.07) is 13.6. The molecule has 0 saturated heterocycles. The van der Waals surface area contributed by atoms with E-state index < -0.39 is 5.97 Å². The summed E-state index contributed by atoms with van der Waals surface area (Å²) in [5, 5.41) is 12.4. The molecule has 1 aromatic carbocycles. The molecule has 138 valence electrons.